The van der Waals surface area contributed by atoms with Crippen LogP contribution < -0.4 is 5.73 Å². The summed E-state index contributed by atoms with van der Waals surface area (Å²) in [6.45, 7) is 3.21. The summed E-state index contributed by atoms with van der Waals surface area (Å²) < 4.78 is 0. The maximum Gasteiger partial charge on any atom is 0.0312 e. The Morgan fingerprint density at radius 2 is 1.88 bits per heavy atom. The first kappa shape index (κ1) is 17.1. The van der Waals surface area contributed by atoms with Crippen LogP contribution in [0.25, 0.3) is 0 Å². The van der Waals surface area contributed by atoms with Crippen LogP contribution in [-0.2, 0) is 13.0 Å². The molecule has 1 fully saturated rings. The Morgan fingerprint density at radius 3 is 2.62 bits per heavy atom. The predicted octanol–water partition coefficient (Wildman–Crippen LogP) is 3.64. The van der Waals surface area contributed by atoms with E-state index in [9.17, 15) is 0 Å². The van der Waals surface area contributed by atoms with E-state index in [0.717, 1.165) is 32.0 Å². The van der Waals surface area contributed by atoms with E-state index < -0.39 is 0 Å². The molecule has 0 saturated heterocycles. The summed E-state index contributed by atoms with van der Waals surface area (Å²) in [5.41, 5.74) is 8.90. The van der Waals surface area contributed by atoms with Gasteiger partial charge >= 0.3 is 0 Å². The molecule has 0 unspecified atom stereocenters. The Bertz CT molecular complexity index is 585. The second-order valence-electron chi connectivity index (χ2n) is 7.12. The minimum absolute atomic E-state index is 0.401. The molecule has 0 spiro atoms. The highest BCUT2D eigenvalue weighted by molar-refractivity contribution is 5.15. The van der Waals surface area contributed by atoms with Crippen LogP contribution in [0.15, 0.2) is 54.9 Å². The van der Waals surface area contributed by atoms with Crippen molar-refractivity contribution in [3.8, 4) is 0 Å². The standard InChI is InChI=1S/C21H29N3/c22-21-10-4-8-19(14-21)16-24(17-20-9-5-12-23-15-20)13-11-18-6-2-1-3-7-18/h1-3,5-7,9,12,15,19,21H,4,8,10-11,13-14,16-17,22H2/t19-,21+/m1/s1. The summed E-state index contributed by atoms with van der Waals surface area (Å²) in [7, 11) is 0. The van der Waals surface area contributed by atoms with Crippen molar-refractivity contribution in [2.75, 3.05) is 13.1 Å². The Morgan fingerprint density at radius 1 is 1.04 bits per heavy atom. The van der Waals surface area contributed by atoms with Crippen molar-refractivity contribution >= 4 is 0 Å². The lowest BCUT2D eigenvalue weighted by atomic mass is 9.85. The summed E-state index contributed by atoms with van der Waals surface area (Å²) in [6.07, 6.45) is 9.91. The SMILES string of the molecule is N[C@H]1CCC[C@@H](CN(CCc2ccccc2)Cc2cccnc2)C1. The number of hydrogen-bond acceptors (Lipinski definition) is 3. The van der Waals surface area contributed by atoms with Gasteiger partial charge in [-0.15, -0.1) is 0 Å². The highest BCUT2D eigenvalue weighted by Gasteiger charge is 2.21. The lowest BCUT2D eigenvalue weighted by molar-refractivity contribution is 0.187. The molecule has 2 atom stereocenters. The number of pyridine rings is 1. The van der Waals surface area contributed by atoms with Gasteiger partial charge in [0.1, 0.15) is 0 Å². The summed E-state index contributed by atoms with van der Waals surface area (Å²) in [5, 5.41) is 0. The molecule has 1 aliphatic carbocycles. The molecule has 0 aliphatic heterocycles. The number of benzene rings is 1. The average Bonchev–Trinajstić information content (AvgIpc) is 2.61. The molecular weight excluding hydrogens is 294 g/mol. The van der Waals surface area contributed by atoms with Crippen LogP contribution in [0.1, 0.15) is 36.8 Å². The van der Waals surface area contributed by atoms with Gasteiger partial charge in [0.15, 0.2) is 0 Å². The molecule has 2 N–H and O–H groups in total. The van der Waals surface area contributed by atoms with Crippen LogP contribution in [0.5, 0.6) is 0 Å². The quantitative estimate of drug-likeness (QED) is 0.846. The van der Waals surface area contributed by atoms with Gasteiger partial charge in [-0.3, -0.25) is 9.88 Å². The highest BCUT2D eigenvalue weighted by atomic mass is 15.1. The van der Waals surface area contributed by atoms with Gasteiger partial charge in [-0.1, -0.05) is 42.8 Å². The average molecular weight is 323 g/mol. The third-order valence-electron chi connectivity index (χ3n) is 5.03. The molecule has 0 bridgehead atoms. The first-order valence-electron chi connectivity index (χ1n) is 9.20. The Kier molecular flexibility index (Phi) is 6.39. The first-order chi connectivity index (χ1) is 11.8. The monoisotopic (exact) mass is 323 g/mol. The second-order valence-corrected chi connectivity index (χ2v) is 7.12. The molecule has 1 saturated carbocycles. The van der Waals surface area contributed by atoms with Gasteiger partial charge in [0.05, 0.1) is 0 Å². The first-order valence-corrected chi connectivity index (χ1v) is 9.20. The van der Waals surface area contributed by atoms with Gasteiger partial charge in [-0.25, -0.2) is 0 Å². The van der Waals surface area contributed by atoms with Crippen LogP contribution in [-0.4, -0.2) is 29.0 Å². The van der Waals surface area contributed by atoms with E-state index >= 15 is 0 Å². The van der Waals surface area contributed by atoms with Gasteiger partial charge < -0.3 is 5.73 Å². The topological polar surface area (TPSA) is 42.1 Å². The minimum Gasteiger partial charge on any atom is -0.328 e. The van der Waals surface area contributed by atoms with Crippen molar-refractivity contribution in [3.05, 3.63) is 66.0 Å². The fourth-order valence-electron chi connectivity index (χ4n) is 3.78. The van der Waals surface area contributed by atoms with Gasteiger partial charge in [-0.05, 0) is 48.8 Å². The van der Waals surface area contributed by atoms with Crippen LogP contribution in [0.3, 0.4) is 0 Å². The molecule has 0 amide bonds. The van der Waals surface area contributed by atoms with Crippen molar-refractivity contribution in [2.45, 2.75) is 44.7 Å². The van der Waals surface area contributed by atoms with E-state index in [-0.39, 0.29) is 0 Å². The van der Waals surface area contributed by atoms with Gasteiger partial charge in [0.25, 0.3) is 0 Å². The van der Waals surface area contributed by atoms with Crippen LogP contribution >= 0.6 is 0 Å². The van der Waals surface area contributed by atoms with Crippen LogP contribution in [0, 0.1) is 5.92 Å². The summed E-state index contributed by atoms with van der Waals surface area (Å²) in [6, 6.07) is 15.4. The van der Waals surface area contributed by atoms with E-state index in [1.165, 1.54) is 36.8 Å². The highest BCUT2D eigenvalue weighted by Crippen LogP contribution is 2.24. The molecule has 1 aromatic heterocycles. The van der Waals surface area contributed by atoms with Crippen LogP contribution in [0.4, 0.5) is 0 Å². The van der Waals surface area contributed by atoms with Gasteiger partial charge in [0.2, 0.25) is 0 Å². The Labute approximate surface area is 145 Å². The summed E-state index contributed by atoms with van der Waals surface area (Å²) >= 11 is 0. The van der Waals surface area contributed by atoms with E-state index in [2.05, 4.69) is 46.3 Å². The molecule has 1 heterocycles. The largest absolute Gasteiger partial charge is 0.328 e. The van der Waals surface area contributed by atoms with Crippen molar-refractivity contribution in [1.29, 1.82) is 0 Å². The number of aromatic nitrogens is 1. The zero-order valence-corrected chi connectivity index (χ0v) is 14.5. The molecule has 2 aromatic rings. The number of hydrogen-bond donors (Lipinski definition) is 1. The van der Waals surface area contributed by atoms with E-state index in [0.29, 0.717) is 6.04 Å². The second kappa shape index (κ2) is 8.95. The predicted molar refractivity (Wildman–Crippen MR) is 99.6 cm³/mol. The van der Waals surface area contributed by atoms with E-state index in [1.54, 1.807) is 0 Å². The third kappa shape index (κ3) is 5.43. The van der Waals surface area contributed by atoms with Crippen molar-refractivity contribution < 1.29 is 0 Å². The molecule has 24 heavy (non-hydrogen) atoms. The summed E-state index contributed by atoms with van der Waals surface area (Å²) in [5.74, 6) is 0.737. The molecule has 128 valence electrons. The van der Waals surface area contributed by atoms with Gasteiger partial charge in [-0.2, -0.15) is 0 Å². The van der Waals surface area contributed by atoms with Crippen molar-refractivity contribution in [2.24, 2.45) is 11.7 Å². The Hall–Kier alpha value is -1.71. The fourth-order valence-corrected chi connectivity index (χ4v) is 3.78. The van der Waals surface area contributed by atoms with E-state index in [1.807, 2.05) is 18.5 Å². The van der Waals surface area contributed by atoms with Crippen LogP contribution in [0.2, 0.25) is 0 Å². The lowest BCUT2D eigenvalue weighted by Crippen LogP contribution is -2.36. The molecule has 3 nitrogen and oxygen atoms in total. The molecule has 1 aliphatic rings. The fraction of sp³-hybridized carbons (Fsp3) is 0.476. The minimum atomic E-state index is 0.401. The molecule has 0 radical (unpaired) electrons. The Balaban J connectivity index is 1.61. The molecular formula is C21H29N3. The van der Waals surface area contributed by atoms with Gasteiger partial charge in [0, 0.05) is 38.1 Å². The summed E-state index contributed by atoms with van der Waals surface area (Å²) in [4.78, 5) is 6.86. The van der Waals surface area contributed by atoms with Crippen molar-refractivity contribution in [3.63, 3.8) is 0 Å². The van der Waals surface area contributed by atoms with E-state index in [4.69, 9.17) is 5.73 Å². The lowest BCUT2D eigenvalue weighted by Gasteiger charge is -2.32. The number of rotatable bonds is 7. The molecule has 3 rings (SSSR count). The maximum atomic E-state index is 6.19. The van der Waals surface area contributed by atoms with Crippen molar-refractivity contribution in [1.82, 2.24) is 9.88 Å². The zero-order valence-electron chi connectivity index (χ0n) is 14.5. The number of nitrogens with zero attached hydrogens (tertiary/aromatic N) is 2. The normalized spacial score (nSPS) is 21.1. The smallest absolute Gasteiger partial charge is 0.0312 e. The maximum absolute atomic E-state index is 6.19. The zero-order chi connectivity index (χ0) is 16.6. The number of nitrogens with two attached hydrogens (primary N) is 1. The molecule has 3 heteroatoms. The molecule has 1 aromatic carbocycles. The third-order valence-corrected chi connectivity index (χ3v) is 5.03.